The van der Waals surface area contributed by atoms with Crippen LogP contribution >= 0.6 is 0 Å². The summed E-state index contributed by atoms with van der Waals surface area (Å²) in [5.41, 5.74) is 0.468. The summed E-state index contributed by atoms with van der Waals surface area (Å²) in [5, 5.41) is 2.73. The van der Waals surface area contributed by atoms with E-state index < -0.39 is 10.0 Å². The van der Waals surface area contributed by atoms with Crippen LogP contribution in [0.5, 0.6) is 0 Å². The molecule has 0 aliphatic carbocycles. The first kappa shape index (κ1) is 15.7. The third-order valence-corrected chi connectivity index (χ3v) is 4.23. The molecular formula is C14H17FN2O3S. The van der Waals surface area contributed by atoms with Crippen LogP contribution in [0, 0.1) is 5.82 Å². The van der Waals surface area contributed by atoms with Gasteiger partial charge in [-0.1, -0.05) is 18.2 Å². The summed E-state index contributed by atoms with van der Waals surface area (Å²) < 4.78 is 45.1. The highest BCUT2D eigenvalue weighted by atomic mass is 32.2. The van der Waals surface area contributed by atoms with Crippen molar-refractivity contribution in [3.05, 3.63) is 53.5 Å². The lowest BCUT2D eigenvalue weighted by atomic mass is 10.1. The van der Waals surface area contributed by atoms with Crippen molar-refractivity contribution in [3.63, 3.8) is 0 Å². The molecule has 0 aliphatic rings. The molecule has 0 atom stereocenters. The average molecular weight is 312 g/mol. The van der Waals surface area contributed by atoms with Gasteiger partial charge in [0.1, 0.15) is 11.6 Å². The van der Waals surface area contributed by atoms with E-state index in [-0.39, 0.29) is 23.9 Å². The lowest BCUT2D eigenvalue weighted by Crippen LogP contribution is -2.25. The number of furan rings is 1. The van der Waals surface area contributed by atoms with Gasteiger partial charge in [-0.2, -0.15) is 0 Å². The SMILES string of the molecule is CNCc1ccc(S(=O)(=O)NCCc2ccccc2F)o1. The standard InChI is InChI=1S/C14H17FN2O3S/c1-16-10-12-6-7-14(20-12)21(18,19)17-9-8-11-4-2-3-5-13(11)15/h2-7,16-17H,8-10H2,1H3. The molecule has 0 saturated heterocycles. The summed E-state index contributed by atoms with van der Waals surface area (Å²) in [4.78, 5) is 0. The third-order valence-electron chi connectivity index (χ3n) is 2.90. The molecule has 1 heterocycles. The minimum Gasteiger partial charge on any atom is -0.447 e. The molecule has 0 spiro atoms. The number of rotatable bonds is 7. The van der Waals surface area contributed by atoms with Crippen molar-refractivity contribution in [2.75, 3.05) is 13.6 Å². The van der Waals surface area contributed by atoms with Crippen LogP contribution in [-0.4, -0.2) is 22.0 Å². The molecule has 0 amide bonds. The zero-order chi connectivity index (χ0) is 15.3. The van der Waals surface area contributed by atoms with E-state index in [2.05, 4.69) is 10.0 Å². The minimum atomic E-state index is -3.71. The second-order valence-corrected chi connectivity index (χ2v) is 6.19. The number of benzene rings is 1. The van der Waals surface area contributed by atoms with Crippen molar-refractivity contribution in [2.24, 2.45) is 0 Å². The molecule has 0 fully saturated rings. The summed E-state index contributed by atoms with van der Waals surface area (Å²) in [5.74, 6) is 0.193. The Morgan fingerprint density at radius 3 is 2.67 bits per heavy atom. The number of hydrogen-bond acceptors (Lipinski definition) is 4. The maximum absolute atomic E-state index is 13.4. The van der Waals surface area contributed by atoms with Gasteiger partial charge in [-0.3, -0.25) is 0 Å². The van der Waals surface area contributed by atoms with Gasteiger partial charge in [0.05, 0.1) is 6.54 Å². The van der Waals surface area contributed by atoms with Gasteiger partial charge in [0.2, 0.25) is 5.09 Å². The first-order chi connectivity index (χ1) is 10.0. The summed E-state index contributed by atoms with van der Waals surface area (Å²) in [6, 6.07) is 9.28. The molecule has 0 saturated carbocycles. The summed E-state index contributed by atoms with van der Waals surface area (Å²) in [6.45, 7) is 0.552. The van der Waals surface area contributed by atoms with Gasteiger partial charge in [0.25, 0.3) is 10.0 Å². The van der Waals surface area contributed by atoms with E-state index >= 15 is 0 Å². The number of halogens is 1. The number of sulfonamides is 1. The molecular weight excluding hydrogens is 295 g/mol. The van der Waals surface area contributed by atoms with E-state index in [9.17, 15) is 12.8 Å². The van der Waals surface area contributed by atoms with Crippen LogP contribution in [0.25, 0.3) is 0 Å². The maximum atomic E-state index is 13.4. The maximum Gasteiger partial charge on any atom is 0.273 e. The van der Waals surface area contributed by atoms with E-state index in [1.807, 2.05) is 0 Å². The first-order valence-electron chi connectivity index (χ1n) is 6.49. The van der Waals surface area contributed by atoms with Gasteiger partial charge >= 0.3 is 0 Å². The summed E-state index contributed by atoms with van der Waals surface area (Å²) >= 11 is 0. The molecule has 0 aliphatic heterocycles. The predicted octanol–water partition coefficient (Wildman–Crippen LogP) is 1.66. The molecule has 2 aromatic rings. The second kappa shape index (κ2) is 6.84. The number of nitrogens with one attached hydrogen (secondary N) is 2. The molecule has 5 nitrogen and oxygen atoms in total. The Hall–Kier alpha value is -1.70. The number of hydrogen-bond donors (Lipinski definition) is 2. The van der Waals surface area contributed by atoms with Crippen molar-refractivity contribution in [3.8, 4) is 0 Å². The third kappa shape index (κ3) is 4.13. The lowest BCUT2D eigenvalue weighted by Gasteiger charge is -2.05. The summed E-state index contributed by atoms with van der Waals surface area (Å²) in [7, 11) is -1.97. The fourth-order valence-corrected chi connectivity index (χ4v) is 2.84. The van der Waals surface area contributed by atoms with Gasteiger partial charge in [-0.15, -0.1) is 0 Å². The zero-order valence-electron chi connectivity index (χ0n) is 11.6. The second-order valence-electron chi connectivity index (χ2n) is 4.49. The van der Waals surface area contributed by atoms with E-state index in [0.29, 0.717) is 17.9 Å². The summed E-state index contributed by atoms with van der Waals surface area (Å²) in [6.07, 6.45) is 0.274. The van der Waals surface area contributed by atoms with Crippen LogP contribution in [0.15, 0.2) is 45.9 Å². The Kier molecular flexibility index (Phi) is 5.11. The molecule has 2 N–H and O–H groups in total. The van der Waals surface area contributed by atoms with E-state index in [1.54, 1.807) is 31.3 Å². The molecule has 7 heteroatoms. The largest absolute Gasteiger partial charge is 0.447 e. The van der Waals surface area contributed by atoms with Gasteiger partial charge in [0, 0.05) is 6.54 Å². The van der Waals surface area contributed by atoms with Crippen molar-refractivity contribution < 1.29 is 17.2 Å². The Morgan fingerprint density at radius 1 is 1.19 bits per heavy atom. The molecule has 1 aromatic heterocycles. The van der Waals surface area contributed by atoms with Crippen LogP contribution in [0.4, 0.5) is 4.39 Å². The van der Waals surface area contributed by atoms with E-state index in [0.717, 1.165) is 0 Å². The topological polar surface area (TPSA) is 71.3 Å². The Bertz CT molecular complexity index is 698. The smallest absolute Gasteiger partial charge is 0.273 e. The molecule has 114 valence electrons. The van der Waals surface area contributed by atoms with E-state index in [4.69, 9.17) is 4.42 Å². The van der Waals surface area contributed by atoms with Crippen LogP contribution in [0.2, 0.25) is 0 Å². The molecule has 0 radical (unpaired) electrons. The molecule has 21 heavy (non-hydrogen) atoms. The molecule has 0 bridgehead atoms. The monoisotopic (exact) mass is 312 g/mol. The Morgan fingerprint density at radius 2 is 1.95 bits per heavy atom. The van der Waals surface area contributed by atoms with Crippen LogP contribution in [0.1, 0.15) is 11.3 Å². The van der Waals surface area contributed by atoms with Crippen LogP contribution < -0.4 is 10.0 Å². The van der Waals surface area contributed by atoms with Crippen molar-refractivity contribution >= 4 is 10.0 Å². The quantitative estimate of drug-likeness (QED) is 0.815. The van der Waals surface area contributed by atoms with E-state index in [1.165, 1.54) is 12.1 Å². The predicted molar refractivity (Wildman–Crippen MR) is 76.8 cm³/mol. The molecule has 1 aromatic carbocycles. The van der Waals surface area contributed by atoms with Crippen molar-refractivity contribution in [1.29, 1.82) is 0 Å². The highest BCUT2D eigenvalue weighted by Crippen LogP contribution is 2.14. The normalized spacial score (nSPS) is 11.7. The fraction of sp³-hybridized carbons (Fsp3) is 0.286. The van der Waals surface area contributed by atoms with Gasteiger partial charge in [0.15, 0.2) is 0 Å². The Labute approximate surface area is 123 Å². The van der Waals surface area contributed by atoms with Crippen molar-refractivity contribution in [2.45, 2.75) is 18.1 Å². The highest BCUT2D eigenvalue weighted by molar-refractivity contribution is 7.89. The average Bonchev–Trinajstić information content (AvgIpc) is 2.91. The Balaban J connectivity index is 1.96. The first-order valence-corrected chi connectivity index (χ1v) is 7.97. The zero-order valence-corrected chi connectivity index (χ0v) is 12.4. The van der Waals surface area contributed by atoms with Gasteiger partial charge in [-0.05, 0) is 37.2 Å². The lowest BCUT2D eigenvalue weighted by molar-refractivity contribution is 0.404. The fourth-order valence-electron chi connectivity index (χ4n) is 1.86. The minimum absolute atomic E-state index is 0.103. The molecule has 2 rings (SSSR count). The van der Waals surface area contributed by atoms with Gasteiger partial charge in [-0.25, -0.2) is 17.5 Å². The highest BCUT2D eigenvalue weighted by Gasteiger charge is 2.18. The van der Waals surface area contributed by atoms with Crippen molar-refractivity contribution in [1.82, 2.24) is 10.0 Å². The molecule has 0 unspecified atom stereocenters. The van der Waals surface area contributed by atoms with Gasteiger partial charge < -0.3 is 9.73 Å². The van der Waals surface area contributed by atoms with Crippen LogP contribution in [-0.2, 0) is 23.0 Å². The van der Waals surface area contributed by atoms with Crippen LogP contribution in [0.3, 0.4) is 0 Å².